The molecular formula is C13H16ClN5. The summed E-state index contributed by atoms with van der Waals surface area (Å²) in [6.07, 6.45) is 0.679. The number of nitrogens with one attached hydrogen (secondary N) is 2. The molecule has 1 aliphatic heterocycles. The Kier molecular flexibility index (Phi) is 3.66. The molecule has 0 amide bonds. The third kappa shape index (κ3) is 2.88. The van der Waals surface area contributed by atoms with Crippen LogP contribution in [0.2, 0.25) is 5.02 Å². The Hall–Kier alpha value is -1.59. The molecule has 2 aromatic rings. The maximum atomic E-state index is 6.15. The molecule has 0 radical (unpaired) electrons. The van der Waals surface area contributed by atoms with Crippen molar-refractivity contribution in [3.05, 3.63) is 40.7 Å². The van der Waals surface area contributed by atoms with Crippen molar-refractivity contribution in [2.45, 2.75) is 6.42 Å². The third-order valence-corrected chi connectivity index (χ3v) is 3.60. The minimum atomic E-state index is 0.679. The number of aromatic amines is 1. The molecule has 0 aliphatic carbocycles. The van der Waals surface area contributed by atoms with Gasteiger partial charge in [0, 0.05) is 37.6 Å². The van der Waals surface area contributed by atoms with Gasteiger partial charge in [-0.15, -0.1) is 5.10 Å². The summed E-state index contributed by atoms with van der Waals surface area (Å²) < 4.78 is 0. The van der Waals surface area contributed by atoms with Crippen molar-refractivity contribution in [3.8, 4) is 0 Å². The van der Waals surface area contributed by atoms with Gasteiger partial charge in [-0.2, -0.15) is 4.98 Å². The topological polar surface area (TPSA) is 56.8 Å². The van der Waals surface area contributed by atoms with Crippen LogP contribution in [0.4, 0.5) is 5.95 Å². The zero-order chi connectivity index (χ0) is 13.1. The number of aromatic nitrogens is 3. The summed E-state index contributed by atoms with van der Waals surface area (Å²) in [5.74, 6) is 1.63. The molecule has 1 aromatic carbocycles. The quantitative estimate of drug-likeness (QED) is 0.892. The molecule has 0 spiro atoms. The molecule has 6 heteroatoms. The zero-order valence-corrected chi connectivity index (χ0v) is 11.3. The maximum Gasteiger partial charge on any atom is 0.244 e. The highest BCUT2D eigenvalue weighted by atomic mass is 35.5. The zero-order valence-electron chi connectivity index (χ0n) is 10.6. The molecule has 1 fully saturated rings. The summed E-state index contributed by atoms with van der Waals surface area (Å²) in [7, 11) is 0. The molecule has 0 saturated carbocycles. The van der Waals surface area contributed by atoms with Crippen molar-refractivity contribution in [1.29, 1.82) is 0 Å². The Morgan fingerprint density at radius 1 is 1.21 bits per heavy atom. The molecule has 3 rings (SSSR count). The van der Waals surface area contributed by atoms with Crippen LogP contribution in [0.3, 0.4) is 0 Å². The van der Waals surface area contributed by atoms with Crippen molar-refractivity contribution >= 4 is 17.5 Å². The predicted molar refractivity (Wildman–Crippen MR) is 75.7 cm³/mol. The molecule has 2 heterocycles. The van der Waals surface area contributed by atoms with Gasteiger partial charge >= 0.3 is 0 Å². The molecule has 1 saturated heterocycles. The van der Waals surface area contributed by atoms with Crippen LogP contribution in [0.15, 0.2) is 24.3 Å². The van der Waals surface area contributed by atoms with Crippen molar-refractivity contribution in [3.63, 3.8) is 0 Å². The van der Waals surface area contributed by atoms with Gasteiger partial charge in [-0.3, -0.25) is 5.10 Å². The van der Waals surface area contributed by atoms with Crippen LogP contribution in [-0.4, -0.2) is 41.4 Å². The standard InChI is InChI=1S/C13H16ClN5/c14-11-4-2-1-3-10(11)9-12-16-13(18-17-12)19-7-5-15-6-8-19/h1-4,15H,5-9H2,(H,16,17,18). The first-order valence-electron chi connectivity index (χ1n) is 6.43. The predicted octanol–water partition coefficient (Wildman–Crippen LogP) is 1.46. The highest BCUT2D eigenvalue weighted by Crippen LogP contribution is 2.18. The number of hydrogen-bond acceptors (Lipinski definition) is 4. The van der Waals surface area contributed by atoms with Gasteiger partial charge < -0.3 is 10.2 Å². The average molecular weight is 278 g/mol. The van der Waals surface area contributed by atoms with Gasteiger partial charge in [-0.25, -0.2) is 0 Å². The second-order valence-electron chi connectivity index (χ2n) is 4.59. The van der Waals surface area contributed by atoms with E-state index in [9.17, 15) is 0 Å². The lowest BCUT2D eigenvalue weighted by Crippen LogP contribution is -2.44. The minimum absolute atomic E-state index is 0.679. The summed E-state index contributed by atoms with van der Waals surface area (Å²) in [6.45, 7) is 3.86. The van der Waals surface area contributed by atoms with Crippen molar-refractivity contribution in [2.75, 3.05) is 31.1 Å². The molecule has 0 atom stereocenters. The number of rotatable bonds is 3. The van der Waals surface area contributed by atoms with E-state index < -0.39 is 0 Å². The second-order valence-corrected chi connectivity index (χ2v) is 4.99. The highest BCUT2D eigenvalue weighted by molar-refractivity contribution is 6.31. The number of piperazine rings is 1. The Bertz CT molecular complexity index is 547. The summed E-state index contributed by atoms with van der Waals surface area (Å²) in [5.41, 5.74) is 1.06. The molecule has 19 heavy (non-hydrogen) atoms. The van der Waals surface area contributed by atoms with Gasteiger partial charge in [0.25, 0.3) is 0 Å². The third-order valence-electron chi connectivity index (χ3n) is 3.24. The van der Waals surface area contributed by atoms with Gasteiger partial charge in [0.15, 0.2) is 0 Å². The summed E-state index contributed by atoms with van der Waals surface area (Å²) in [4.78, 5) is 6.73. The normalized spacial score (nSPS) is 15.7. The van der Waals surface area contributed by atoms with Crippen molar-refractivity contribution in [1.82, 2.24) is 20.5 Å². The lowest BCUT2D eigenvalue weighted by molar-refractivity contribution is 0.580. The lowest BCUT2D eigenvalue weighted by atomic mass is 10.1. The van der Waals surface area contributed by atoms with Crippen LogP contribution in [0.25, 0.3) is 0 Å². The van der Waals surface area contributed by atoms with Crippen LogP contribution in [0, 0.1) is 0 Å². The van der Waals surface area contributed by atoms with Gasteiger partial charge in [0.1, 0.15) is 5.82 Å². The Balaban J connectivity index is 1.73. The van der Waals surface area contributed by atoms with E-state index in [1.165, 1.54) is 0 Å². The molecule has 0 unspecified atom stereocenters. The largest absolute Gasteiger partial charge is 0.337 e. The summed E-state index contributed by atoms with van der Waals surface area (Å²) in [5, 5.41) is 11.4. The molecular weight excluding hydrogens is 262 g/mol. The van der Waals surface area contributed by atoms with E-state index in [-0.39, 0.29) is 0 Å². The van der Waals surface area contributed by atoms with Crippen molar-refractivity contribution in [2.24, 2.45) is 0 Å². The Labute approximate surface area is 117 Å². The van der Waals surface area contributed by atoms with Crippen LogP contribution < -0.4 is 10.2 Å². The fraction of sp³-hybridized carbons (Fsp3) is 0.385. The van der Waals surface area contributed by atoms with Crippen LogP contribution >= 0.6 is 11.6 Å². The summed E-state index contributed by atoms with van der Waals surface area (Å²) in [6, 6.07) is 7.81. The van der Waals surface area contributed by atoms with Crippen molar-refractivity contribution < 1.29 is 0 Å². The van der Waals surface area contributed by atoms with E-state index in [4.69, 9.17) is 11.6 Å². The molecule has 1 aliphatic rings. The van der Waals surface area contributed by atoms with Crippen LogP contribution in [-0.2, 0) is 6.42 Å². The molecule has 5 nitrogen and oxygen atoms in total. The van der Waals surface area contributed by atoms with E-state index in [1.807, 2.05) is 24.3 Å². The average Bonchev–Trinajstić information content (AvgIpc) is 2.91. The number of halogens is 1. The van der Waals surface area contributed by atoms with E-state index in [0.717, 1.165) is 48.5 Å². The minimum Gasteiger partial charge on any atom is -0.337 e. The number of H-pyrrole nitrogens is 1. The first-order valence-corrected chi connectivity index (χ1v) is 6.81. The van der Waals surface area contributed by atoms with Gasteiger partial charge in [-0.1, -0.05) is 29.8 Å². The summed E-state index contributed by atoms with van der Waals surface area (Å²) >= 11 is 6.15. The monoisotopic (exact) mass is 277 g/mol. The number of anilines is 1. The first kappa shape index (κ1) is 12.4. The van der Waals surface area contributed by atoms with Gasteiger partial charge in [0.2, 0.25) is 5.95 Å². The van der Waals surface area contributed by atoms with Gasteiger partial charge in [-0.05, 0) is 11.6 Å². The van der Waals surface area contributed by atoms with Crippen LogP contribution in [0.5, 0.6) is 0 Å². The molecule has 1 aromatic heterocycles. The van der Waals surface area contributed by atoms with Gasteiger partial charge in [0.05, 0.1) is 0 Å². The first-order chi connectivity index (χ1) is 9.33. The molecule has 100 valence electrons. The Morgan fingerprint density at radius 2 is 2.00 bits per heavy atom. The maximum absolute atomic E-state index is 6.15. The van der Waals surface area contributed by atoms with E-state index in [0.29, 0.717) is 6.42 Å². The molecule has 0 bridgehead atoms. The fourth-order valence-electron chi connectivity index (χ4n) is 2.19. The second kappa shape index (κ2) is 5.59. The number of hydrogen-bond donors (Lipinski definition) is 2. The fourth-order valence-corrected chi connectivity index (χ4v) is 2.40. The van der Waals surface area contributed by atoms with Crippen LogP contribution in [0.1, 0.15) is 11.4 Å². The smallest absolute Gasteiger partial charge is 0.244 e. The van der Waals surface area contributed by atoms with E-state index in [1.54, 1.807) is 0 Å². The Morgan fingerprint density at radius 3 is 2.79 bits per heavy atom. The number of benzene rings is 1. The lowest BCUT2D eigenvalue weighted by Gasteiger charge is -2.25. The number of nitrogens with zero attached hydrogens (tertiary/aromatic N) is 3. The van der Waals surface area contributed by atoms with E-state index >= 15 is 0 Å². The SMILES string of the molecule is Clc1ccccc1Cc1nc(N2CCNCC2)n[nH]1. The van der Waals surface area contributed by atoms with E-state index in [2.05, 4.69) is 25.4 Å². The highest BCUT2D eigenvalue weighted by Gasteiger charge is 2.15. The molecule has 2 N–H and O–H groups in total.